The summed E-state index contributed by atoms with van der Waals surface area (Å²) >= 11 is 6.49. The average Bonchev–Trinajstić information content (AvgIpc) is 2.14. The molecule has 3 nitrogen and oxygen atoms in total. The Morgan fingerprint density at radius 2 is 1.80 bits per heavy atom. The van der Waals surface area contributed by atoms with Crippen molar-refractivity contribution in [3.8, 4) is 0 Å². The van der Waals surface area contributed by atoms with E-state index in [-0.39, 0.29) is 0 Å². The van der Waals surface area contributed by atoms with E-state index in [4.69, 9.17) is 0 Å². The molecule has 0 unspecified atom stereocenters. The minimum atomic E-state index is 0.765. The van der Waals surface area contributed by atoms with Gasteiger partial charge in [-0.05, 0) is 38.3 Å². The lowest BCUT2D eigenvalue weighted by Crippen LogP contribution is -2.00. The van der Waals surface area contributed by atoms with Crippen LogP contribution in [0.4, 0.5) is 0 Å². The zero-order chi connectivity index (χ0) is 7.56. The highest BCUT2D eigenvalue weighted by atomic mass is 79.9. The third-order valence-corrected chi connectivity index (χ3v) is 2.60. The highest BCUT2D eigenvalue weighted by molar-refractivity contribution is 9.13. The molecule has 0 aliphatic carbocycles. The van der Waals surface area contributed by atoms with Crippen LogP contribution >= 0.6 is 31.9 Å². The van der Waals surface area contributed by atoms with E-state index in [1.165, 1.54) is 0 Å². The van der Waals surface area contributed by atoms with Gasteiger partial charge in [-0.2, -0.15) is 4.80 Å². The van der Waals surface area contributed by atoms with Crippen LogP contribution in [0.2, 0.25) is 0 Å². The molecule has 0 aliphatic heterocycles. The summed E-state index contributed by atoms with van der Waals surface area (Å²) in [5.41, 5.74) is 0. The van der Waals surface area contributed by atoms with Crippen molar-refractivity contribution in [2.24, 2.45) is 0 Å². The molecule has 10 heavy (non-hydrogen) atoms. The maximum atomic E-state index is 4.08. The Morgan fingerprint density at radius 1 is 1.30 bits per heavy atom. The quantitative estimate of drug-likeness (QED) is 0.824. The summed E-state index contributed by atoms with van der Waals surface area (Å²) in [5, 5.41) is 8.15. The second-order valence-corrected chi connectivity index (χ2v) is 3.38. The van der Waals surface area contributed by atoms with Crippen LogP contribution < -0.4 is 0 Å². The highest BCUT2D eigenvalue weighted by Gasteiger charge is 2.02. The monoisotopic (exact) mass is 267 g/mol. The molecule has 1 aromatic heterocycles. The van der Waals surface area contributed by atoms with E-state index in [9.17, 15) is 0 Å². The molecule has 0 aliphatic rings. The number of aryl methyl sites for hydroxylation is 1. The largest absolute Gasteiger partial charge is 0.183 e. The number of hydrogen-bond acceptors (Lipinski definition) is 2. The van der Waals surface area contributed by atoms with Crippen molar-refractivity contribution in [1.29, 1.82) is 0 Å². The van der Waals surface area contributed by atoms with Crippen LogP contribution in [0.25, 0.3) is 0 Å². The summed E-state index contributed by atoms with van der Waals surface area (Å²) in [6.07, 6.45) is 1.05. The Bertz CT molecular complexity index is 201. The smallest absolute Gasteiger partial charge is 0.162 e. The van der Waals surface area contributed by atoms with E-state index >= 15 is 0 Å². The van der Waals surface area contributed by atoms with Gasteiger partial charge in [-0.3, -0.25) is 0 Å². The van der Waals surface area contributed by atoms with Crippen LogP contribution in [0, 0.1) is 0 Å². The van der Waals surface area contributed by atoms with Crippen LogP contribution in [0.1, 0.15) is 13.3 Å². The van der Waals surface area contributed by atoms with Crippen molar-refractivity contribution < 1.29 is 0 Å². The van der Waals surface area contributed by atoms with Gasteiger partial charge in [0.25, 0.3) is 0 Å². The second-order valence-electron chi connectivity index (χ2n) is 1.88. The van der Waals surface area contributed by atoms with Crippen molar-refractivity contribution in [2.45, 2.75) is 19.9 Å². The molecule has 56 valence electrons. The van der Waals surface area contributed by atoms with Crippen LogP contribution in [0.15, 0.2) is 9.21 Å². The first-order valence-corrected chi connectivity index (χ1v) is 4.58. The standard InChI is InChI=1S/C5H7Br2N3/c1-2-3-10-8-4(6)5(7)9-10/h2-3H2,1H3. The van der Waals surface area contributed by atoms with Crippen molar-refractivity contribution in [1.82, 2.24) is 15.0 Å². The molecule has 0 saturated carbocycles. The molecule has 1 aromatic rings. The summed E-state index contributed by atoms with van der Waals surface area (Å²) < 4.78 is 1.53. The van der Waals surface area contributed by atoms with E-state index in [0.717, 1.165) is 22.2 Å². The lowest BCUT2D eigenvalue weighted by atomic mass is 10.5. The zero-order valence-electron chi connectivity index (χ0n) is 5.51. The van der Waals surface area contributed by atoms with Crippen LogP contribution in [-0.4, -0.2) is 15.0 Å². The van der Waals surface area contributed by atoms with Gasteiger partial charge in [-0.25, -0.2) is 0 Å². The van der Waals surface area contributed by atoms with Crippen LogP contribution in [0.3, 0.4) is 0 Å². The van der Waals surface area contributed by atoms with Crippen LogP contribution in [0.5, 0.6) is 0 Å². The summed E-state index contributed by atoms with van der Waals surface area (Å²) in [5.74, 6) is 0. The molecule has 0 N–H and O–H groups in total. The minimum Gasteiger partial charge on any atom is -0.183 e. The van der Waals surface area contributed by atoms with E-state index < -0.39 is 0 Å². The Kier molecular flexibility index (Phi) is 2.85. The molecule has 0 bridgehead atoms. The van der Waals surface area contributed by atoms with Gasteiger partial charge in [0.15, 0.2) is 9.21 Å². The molecule has 1 rings (SSSR count). The molecule has 0 amide bonds. The lowest BCUT2D eigenvalue weighted by molar-refractivity contribution is 0.525. The van der Waals surface area contributed by atoms with Gasteiger partial charge >= 0.3 is 0 Å². The Labute approximate surface area is 76.1 Å². The molecule has 0 saturated heterocycles. The predicted molar refractivity (Wildman–Crippen MR) is 45.7 cm³/mol. The summed E-state index contributed by atoms with van der Waals surface area (Å²) in [6.45, 7) is 2.95. The van der Waals surface area contributed by atoms with E-state index in [2.05, 4.69) is 49.0 Å². The van der Waals surface area contributed by atoms with E-state index in [0.29, 0.717) is 0 Å². The predicted octanol–water partition coefficient (Wildman–Crippen LogP) is 2.21. The minimum absolute atomic E-state index is 0.765. The number of nitrogens with zero attached hydrogens (tertiary/aromatic N) is 3. The molecular formula is C5H7Br2N3. The fourth-order valence-electron chi connectivity index (χ4n) is 0.608. The third-order valence-electron chi connectivity index (χ3n) is 1.00. The third kappa shape index (κ3) is 1.79. The van der Waals surface area contributed by atoms with Gasteiger partial charge in [0, 0.05) is 0 Å². The SMILES string of the molecule is CCCn1nc(Br)c(Br)n1. The van der Waals surface area contributed by atoms with E-state index in [1.807, 2.05) is 0 Å². The molecule has 0 radical (unpaired) electrons. The van der Waals surface area contributed by atoms with E-state index in [1.54, 1.807) is 4.80 Å². The first-order valence-electron chi connectivity index (χ1n) is 3.00. The second kappa shape index (κ2) is 3.48. The topological polar surface area (TPSA) is 30.7 Å². The van der Waals surface area contributed by atoms with Gasteiger partial charge in [0.1, 0.15) is 0 Å². The molecule has 0 atom stereocenters. The average molecular weight is 269 g/mol. The first-order chi connectivity index (χ1) is 4.74. The summed E-state index contributed by atoms with van der Waals surface area (Å²) in [4.78, 5) is 1.66. The Hall–Kier alpha value is 0.1000. The van der Waals surface area contributed by atoms with Gasteiger partial charge in [-0.1, -0.05) is 6.92 Å². The first kappa shape index (κ1) is 8.20. The van der Waals surface area contributed by atoms with Crippen molar-refractivity contribution in [3.05, 3.63) is 9.21 Å². The molecule has 0 aromatic carbocycles. The summed E-state index contributed by atoms with van der Waals surface area (Å²) in [6, 6.07) is 0. The fraction of sp³-hybridized carbons (Fsp3) is 0.600. The highest BCUT2D eigenvalue weighted by Crippen LogP contribution is 2.16. The normalized spacial score (nSPS) is 10.3. The maximum absolute atomic E-state index is 4.08. The van der Waals surface area contributed by atoms with Crippen molar-refractivity contribution in [2.75, 3.05) is 0 Å². The molecular weight excluding hydrogens is 262 g/mol. The van der Waals surface area contributed by atoms with Gasteiger partial charge in [-0.15, -0.1) is 10.2 Å². The Balaban J connectivity index is 2.77. The lowest BCUT2D eigenvalue weighted by Gasteiger charge is -1.91. The molecule has 1 heterocycles. The number of rotatable bonds is 2. The number of halogens is 2. The molecule has 0 spiro atoms. The van der Waals surface area contributed by atoms with Gasteiger partial charge in [0.2, 0.25) is 0 Å². The molecule has 5 heteroatoms. The van der Waals surface area contributed by atoms with Gasteiger partial charge in [0.05, 0.1) is 6.54 Å². The number of hydrogen-bond donors (Lipinski definition) is 0. The Morgan fingerprint density at radius 3 is 2.20 bits per heavy atom. The van der Waals surface area contributed by atoms with Crippen molar-refractivity contribution >= 4 is 31.9 Å². The molecule has 0 fully saturated rings. The number of aromatic nitrogens is 3. The summed E-state index contributed by atoms with van der Waals surface area (Å²) in [7, 11) is 0. The van der Waals surface area contributed by atoms with Gasteiger partial charge < -0.3 is 0 Å². The maximum Gasteiger partial charge on any atom is 0.162 e. The zero-order valence-corrected chi connectivity index (χ0v) is 8.68. The fourth-order valence-corrected chi connectivity index (χ4v) is 1.13. The van der Waals surface area contributed by atoms with Crippen LogP contribution in [-0.2, 0) is 6.54 Å². The van der Waals surface area contributed by atoms with Crippen molar-refractivity contribution in [3.63, 3.8) is 0 Å².